The molecular weight excluding hydrogens is 440 g/mol. The van der Waals surface area contributed by atoms with Gasteiger partial charge in [0, 0.05) is 13.2 Å². The molecule has 214 valence electrons. The second kappa shape index (κ2) is 13.1. The number of allylic oxidation sites excluding steroid dienone is 1. The number of hydrogen-bond donors (Lipinski definition) is 3. The Labute approximate surface area is 226 Å². The van der Waals surface area contributed by atoms with Crippen LogP contribution < -0.4 is 11.5 Å². The molecule has 5 aliphatic rings. The molecule has 3 heteroatoms. The van der Waals surface area contributed by atoms with Crippen molar-refractivity contribution in [2.45, 2.75) is 133 Å². The maximum atomic E-state index is 7.00. The largest absolute Gasteiger partial charge is 0.400 e. The molecule has 0 aliphatic heterocycles. The number of nitrogens with two attached hydrogens (primary N) is 2. The quantitative estimate of drug-likeness (QED) is 0.314. The predicted molar refractivity (Wildman–Crippen MR) is 160 cm³/mol. The molecular formula is C33H66N2O. The molecule has 5 aliphatic carbocycles. The Bertz CT molecular complexity index is 681. The first-order valence-electron chi connectivity index (χ1n) is 15.1. The first-order chi connectivity index (χ1) is 16.6. The van der Waals surface area contributed by atoms with Gasteiger partial charge in [0.2, 0.25) is 0 Å². The zero-order chi connectivity index (χ0) is 26.7. The van der Waals surface area contributed by atoms with Crippen LogP contribution in [0.3, 0.4) is 0 Å². The highest BCUT2D eigenvalue weighted by Crippen LogP contribution is 2.75. The Kier molecular flexibility index (Phi) is 12.3. The van der Waals surface area contributed by atoms with Gasteiger partial charge in [-0.15, -0.1) is 6.58 Å². The molecule has 10 atom stereocenters. The van der Waals surface area contributed by atoms with Crippen LogP contribution in [0.15, 0.2) is 12.7 Å². The van der Waals surface area contributed by atoms with Crippen LogP contribution in [0.5, 0.6) is 0 Å². The summed E-state index contributed by atoms with van der Waals surface area (Å²) in [5.74, 6) is 4.31. The van der Waals surface area contributed by atoms with E-state index in [9.17, 15) is 0 Å². The Morgan fingerprint density at radius 2 is 1.44 bits per heavy atom. The molecule has 0 aromatic heterocycles. The van der Waals surface area contributed by atoms with Crippen molar-refractivity contribution in [3.05, 3.63) is 12.7 Å². The summed E-state index contributed by atoms with van der Waals surface area (Å²) in [7, 11) is 1.00. The molecule has 0 aromatic carbocycles. The minimum absolute atomic E-state index is 0. The molecule has 0 bridgehead atoms. The summed E-state index contributed by atoms with van der Waals surface area (Å²) in [6, 6.07) is 0.438. The Morgan fingerprint density at radius 3 is 2.03 bits per heavy atom. The number of fused-ring (bicyclic) bond motifs is 7. The van der Waals surface area contributed by atoms with Crippen molar-refractivity contribution in [1.82, 2.24) is 0 Å². The van der Waals surface area contributed by atoms with Crippen molar-refractivity contribution >= 4 is 0 Å². The van der Waals surface area contributed by atoms with Gasteiger partial charge in [-0.05, 0) is 129 Å². The fourth-order valence-electron chi connectivity index (χ4n) is 10.7. The minimum Gasteiger partial charge on any atom is -0.400 e. The van der Waals surface area contributed by atoms with E-state index in [2.05, 4.69) is 34.3 Å². The van der Waals surface area contributed by atoms with Gasteiger partial charge in [0.05, 0.1) is 0 Å². The van der Waals surface area contributed by atoms with Gasteiger partial charge < -0.3 is 16.6 Å². The fourth-order valence-corrected chi connectivity index (χ4v) is 10.7. The average molecular weight is 507 g/mol. The lowest BCUT2D eigenvalue weighted by Crippen LogP contribution is -2.65. The van der Waals surface area contributed by atoms with Crippen LogP contribution in [0.2, 0.25) is 0 Å². The van der Waals surface area contributed by atoms with Gasteiger partial charge in [0.1, 0.15) is 0 Å². The van der Waals surface area contributed by atoms with Crippen molar-refractivity contribution < 1.29 is 5.11 Å². The van der Waals surface area contributed by atoms with E-state index in [1.165, 1.54) is 70.6 Å². The lowest BCUT2D eigenvalue weighted by molar-refractivity contribution is -0.226. The predicted octanol–water partition coefficient (Wildman–Crippen LogP) is 8.20. The number of rotatable bonds is 1. The second-order valence-corrected chi connectivity index (χ2v) is 13.3. The highest BCUT2D eigenvalue weighted by atomic mass is 16.2. The molecule has 0 radical (unpaired) electrons. The summed E-state index contributed by atoms with van der Waals surface area (Å²) in [4.78, 5) is 0. The van der Waals surface area contributed by atoms with Crippen molar-refractivity contribution in [3.63, 3.8) is 0 Å². The third kappa shape index (κ3) is 5.00. The zero-order valence-corrected chi connectivity index (χ0v) is 24.8. The summed E-state index contributed by atoms with van der Waals surface area (Å²) < 4.78 is 0. The number of aliphatic hydroxyl groups is 1. The second-order valence-electron chi connectivity index (χ2n) is 13.3. The van der Waals surface area contributed by atoms with E-state index in [1.807, 2.05) is 20.8 Å². The third-order valence-electron chi connectivity index (χ3n) is 12.6. The van der Waals surface area contributed by atoms with Crippen LogP contribution in [0.4, 0.5) is 0 Å². The third-order valence-corrected chi connectivity index (χ3v) is 12.6. The maximum absolute atomic E-state index is 7.00. The molecule has 0 spiro atoms. The summed E-state index contributed by atoms with van der Waals surface area (Å²) >= 11 is 0. The molecule has 5 N–H and O–H groups in total. The van der Waals surface area contributed by atoms with Crippen LogP contribution in [-0.2, 0) is 0 Å². The van der Waals surface area contributed by atoms with Crippen molar-refractivity contribution in [1.29, 1.82) is 0 Å². The highest BCUT2D eigenvalue weighted by molar-refractivity contribution is 5.17. The molecule has 5 rings (SSSR count). The molecule has 3 nitrogen and oxygen atoms in total. The van der Waals surface area contributed by atoms with E-state index in [1.54, 1.807) is 6.08 Å². The smallest absolute Gasteiger partial charge is 0.0319 e. The standard InChI is InChI=1S/C26H46N2.C3H6.C2H6.CH4O.CH4/c1-17-18-9-13-25(4)22(23(18,2)12-10-21(17)28)8-7-19-20-6-5-11-26(20,16-27)15-14-24(19,25)3;1-3-2;2*1-2;/h17-22H,5-16,27-28H2,1-4H3;3H,1H2,2H3;1-2H3;2H,1H3;1H4/t17?,18?,19?,20?,21?,22?,23?,24-,25?,26?;;;;/m1..../s1. The average Bonchev–Trinajstić information content (AvgIpc) is 3.30. The summed E-state index contributed by atoms with van der Waals surface area (Å²) in [6.45, 7) is 20.8. The van der Waals surface area contributed by atoms with Gasteiger partial charge in [-0.3, -0.25) is 0 Å². The molecule has 0 heterocycles. The number of hydrogen-bond acceptors (Lipinski definition) is 3. The van der Waals surface area contributed by atoms with E-state index >= 15 is 0 Å². The first-order valence-corrected chi connectivity index (χ1v) is 15.1. The monoisotopic (exact) mass is 507 g/mol. The number of aliphatic hydroxyl groups excluding tert-OH is 1. The molecule has 5 saturated carbocycles. The van der Waals surface area contributed by atoms with E-state index < -0.39 is 0 Å². The lowest BCUT2D eigenvalue weighted by Gasteiger charge is -2.71. The van der Waals surface area contributed by atoms with Gasteiger partial charge in [0.25, 0.3) is 0 Å². The van der Waals surface area contributed by atoms with Crippen LogP contribution >= 0.6 is 0 Å². The van der Waals surface area contributed by atoms with Crippen LogP contribution in [-0.4, -0.2) is 24.8 Å². The van der Waals surface area contributed by atoms with Gasteiger partial charge in [-0.2, -0.15) is 0 Å². The summed E-state index contributed by atoms with van der Waals surface area (Å²) in [5.41, 5.74) is 15.1. The molecule has 0 saturated heterocycles. The lowest BCUT2D eigenvalue weighted by atomic mass is 9.33. The van der Waals surface area contributed by atoms with Gasteiger partial charge in [-0.25, -0.2) is 0 Å². The van der Waals surface area contributed by atoms with Crippen LogP contribution in [0.25, 0.3) is 0 Å². The summed E-state index contributed by atoms with van der Waals surface area (Å²) in [5, 5.41) is 7.00. The SMILES string of the molecule is C.C=CC.CC.CC1C(N)CCC2(C)C1CCC1(C)C2CCC2C3CCCC3(CN)CC[C@]21C.CO. The zero-order valence-electron chi connectivity index (χ0n) is 24.8. The Hall–Kier alpha value is -0.380. The van der Waals surface area contributed by atoms with E-state index in [4.69, 9.17) is 16.6 Å². The van der Waals surface area contributed by atoms with Gasteiger partial charge >= 0.3 is 0 Å². The van der Waals surface area contributed by atoms with Crippen molar-refractivity contribution in [2.24, 2.45) is 62.7 Å². The molecule has 9 unspecified atom stereocenters. The molecule has 36 heavy (non-hydrogen) atoms. The van der Waals surface area contributed by atoms with Crippen LogP contribution in [0.1, 0.15) is 127 Å². The van der Waals surface area contributed by atoms with Gasteiger partial charge in [-0.1, -0.05) is 61.5 Å². The highest BCUT2D eigenvalue weighted by Gasteiger charge is 2.68. The van der Waals surface area contributed by atoms with E-state index in [-0.39, 0.29) is 7.43 Å². The molecule has 0 amide bonds. The van der Waals surface area contributed by atoms with Gasteiger partial charge in [0.15, 0.2) is 0 Å². The summed E-state index contributed by atoms with van der Waals surface area (Å²) in [6.07, 6.45) is 17.4. The van der Waals surface area contributed by atoms with Crippen molar-refractivity contribution in [3.8, 4) is 0 Å². The Morgan fingerprint density at radius 1 is 0.833 bits per heavy atom. The van der Waals surface area contributed by atoms with E-state index in [0.29, 0.717) is 33.6 Å². The minimum atomic E-state index is 0. The van der Waals surface area contributed by atoms with E-state index in [0.717, 1.165) is 37.3 Å². The van der Waals surface area contributed by atoms with Crippen molar-refractivity contribution in [2.75, 3.05) is 13.7 Å². The maximum Gasteiger partial charge on any atom is 0.0319 e. The normalized spacial score (nSPS) is 48.2. The topological polar surface area (TPSA) is 72.3 Å². The first kappa shape index (κ1) is 33.6. The Balaban J connectivity index is 0.000000741. The molecule has 0 aromatic rings. The van der Waals surface area contributed by atoms with Crippen LogP contribution in [0, 0.1) is 51.2 Å². The molecule has 5 fully saturated rings. The fraction of sp³-hybridized carbons (Fsp3) is 0.939.